The van der Waals surface area contributed by atoms with Crippen molar-refractivity contribution in [2.24, 2.45) is 0 Å². The number of nitrogens with one attached hydrogen (secondary N) is 1. The number of hydrogen-bond acceptors (Lipinski definition) is 5. The Morgan fingerprint density at radius 1 is 1.00 bits per heavy atom. The molecule has 1 aromatic heterocycles. The Morgan fingerprint density at radius 2 is 1.69 bits per heavy atom. The van der Waals surface area contributed by atoms with Crippen molar-refractivity contribution in [3.63, 3.8) is 0 Å². The summed E-state index contributed by atoms with van der Waals surface area (Å²) < 4.78 is 18.0. The highest BCUT2D eigenvalue weighted by molar-refractivity contribution is 6.05. The molecular weight excluding hydrogens is 410 g/mol. The van der Waals surface area contributed by atoms with Crippen molar-refractivity contribution in [3.8, 4) is 17.2 Å². The van der Waals surface area contributed by atoms with Crippen LogP contribution in [0.5, 0.6) is 11.5 Å². The van der Waals surface area contributed by atoms with Gasteiger partial charge in [0.1, 0.15) is 13.2 Å². The summed E-state index contributed by atoms with van der Waals surface area (Å²) in [6.07, 6.45) is -0.464. The predicted octanol–water partition coefficient (Wildman–Crippen LogP) is 4.32. The summed E-state index contributed by atoms with van der Waals surface area (Å²) in [6, 6.07) is 14.6. The second kappa shape index (κ2) is 8.66. The summed E-state index contributed by atoms with van der Waals surface area (Å²) in [5.41, 5.74) is 4.51. The van der Waals surface area contributed by atoms with Crippen LogP contribution in [0.2, 0.25) is 0 Å². The van der Waals surface area contributed by atoms with Crippen LogP contribution in [-0.4, -0.2) is 43.9 Å². The minimum Gasteiger partial charge on any atom is -0.486 e. The summed E-state index contributed by atoms with van der Waals surface area (Å²) in [7, 11) is 2.95. The zero-order valence-electron chi connectivity index (χ0n) is 18.5. The SMILES string of the molecule is COC(=O)N(C)c1ccc(NC(=O)c2cc(C)n(-c3ccc4c(c3)OCCO4)c2C)cc1. The topological polar surface area (TPSA) is 82.0 Å². The molecule has 3 aromatic rings. The van der Waals surface area contributed by atoms with Crippen molar-refractivity contribution in [1.29, 1.82) is 0 Å². The van der Waals surface area contributed by atoms with Crippen molar-refractivity contribution in [2.45, 2.75) is 13.8 Å². The molecule has 0 unspecified atom stereocenters. The molecule has 1 aliphatic heterocycles. The molecule has 1 aliphatic rings. The molecule has 0 saturated carbocycles. The van der Waals surface area contributed by atoms with Crippen LogP contribution >= 0.6 is 0 Å². The normalized spacial score (nSPS) is 12.2. The van der Waals surface area contributed by atoms with Gasteiger partial charge in [-0.25, -0.2) is 4.79 Å². The Bertz CT molecular complexity index is 1170. The van der Waals surface area contributed by atoms with E-state index in [1.807, 2.05) is 42.7 Å². The molecular formula is C24H25N3O5. The number of benzene rings is 2. The van der Waals surface area contributed by atoms with Gasteiger partial charge < -0.3 is 24.1 Å². The number of aryl methyl sites for hydroxylation is 1. The van der Waals surface area contributed by atoms with Crippen LogP contribution < -0.4 is 19.7 Å². The van der Waals surface area contributed by atoms with Gasteiger partial charge in [-0.05, 0) is 56.3 Å². The molecule has 0 saturated heterocycles. The Kier molecular flexibility index (Phi) is 5.77. The standard InChI is InChI=1S/C24H25N3O5/c1-15-13-20(16(2)27(15)19-9-10-21-22(14-19)32-12-11-31-21)23(28)25-17-5-7-18(8-6-17)26(3)24(29)30-4/h5-10,13-14H,11-12H2,1-4H3,(H,25,28). The quantitative estimate of drug-likeness (QED) is 0.660. The number of amides is 2. The van der Waals surface area contributed by atoms with E-state index < -0.39 is 6.09 Å². The third-order valence-corrected chi connectivity index (χ3v) is 5.42. The highest BCUT2D eigenvalue weighted by atomic mass is 16.6. The monoisotopic (exact) mass is 435 g/mol. The van der Waals surface area contributed by atoms with Gasteiger partial charge in [0.2, 0.25) is 0 Å². The number of nitrogens with zero attached hydrogens (tertiary/aromatic N) is 2. The summed E-state index contributed by atoms with van der Waals surface area (Å²) in [4.78, 5) is 26.0. The second-order valence-corrected chi connectivity index (χ2v) is 7.48. The van der Waals surface area contributed by atoms with Gasteiger partial charge in [-0.2, -0.15) is 0 Å². The number of fused-ring (bicyclic) bond motifs is 1. The molecule has 2 amide bonds. The van der Waals surface area contributed by atoms with E-state index in [4.69, 9.17) is 14.2 Å². The van der Waals surface area contributed by atoms with Gasteiger partial charge in [-0.1, -0.05) is 0 Å². The van der Waals surface area contributed by atoms with E-state index in [0.29, 0.717) is 35.9 Å². The largest absolute Gasteiger partial charge is 0.486 e. The summed E-state index contributed by atoms with van der Waals surface area (Å²) in [5.74, 6) is 1.21. The van der Waals surface area contributed by atoms with Gasteiger partial charge in [0.05, 0.1) is 12.7 Å². The molecule has 0 bridgehead atoms. The van der Waals surface area contributed by atoms with Crippen molar-refractivity contribution in [2.75, 3.05) is 37.6 Å². The number of methoxy groups -OCH3 is 1. The number of rotatable bonds is 4. The van der Waals surface area contributed by atoms with Crippen LogP contribution in [0.15, 0.2) is 48.5 Å². The first-order valence-electron chi connectivity index (χ1n) is 10.2. The zero-order valence-corrected chi connectivity index (χ0v) is 18.5. The van der Waals surface area contributed by atoms with Gasteiger partial charge in [-0.15, -0.1) is 0 Å². The van der Waals surface area contributed by atoms with E-state index in [1.54, 1.807) is 31.3 Å². The molecule has 0 atom stereocenters. The van der Waals surface area contributed by atoms with E-state index in [2.05, 4.69) is 5.32 Å². The maximum absolute atomic E-state index is 13.0. The Morgan fingerprint density at radius 3 is 2.38 bits per heavy atom. The second-order valence-electron chi connectivity index (χ2n) is 7.48. The van der Waals surface area contributed by atoms with Crippen molar-refractivity contribution >= 4 is 23.4 Å². The average molecular weight is 435 g/mol. The highest BCUT2D eigenvalue weighted by Crippen LogP contribution is 2.33. The van der Waals surface area contributed by atoms with Gasteiger partial charge in [0.25, 0.3) is 5.91 Å². The Hall–Kier alpha value is -3.94. The van der Waals surface area contributed by atoms with Crippen molar-refractivity contribution < 1.29 is 23.8 Å². The van der Waals surface area contributed by atoms with Crippen LogP contribution in [0.25, 0.3) is 5.69 Å². The fourth-order valence-electron chi connectivity index (χ4n) is 3.77. The number of ether oxygens (including phenoxy) is 3. The lowest BCUT2D eigenvalue weighted by Gasteiger charge is -2.20. The molecule has 2 heterocycles. The highest BCUT2D eigenvalue weighted by Gasteiger charge is 2.19. The van der Waals surface area contributed by atoms with E-state index in [1.165, 1.54) is 12.0 Å². The minimum absolute atomic E-state index is 0.212. The molecule has 32 heavy (non-hydrogen) atoms. The third kappa shape index (κ3) is 3.99. The summed E-state index contributed by atoms with van der Waals surface area (Å²) in [5, 5.41) is 2.92. The fraction of sp³-hybridized carbons (Fsp3) is 0.250. The number of anilines is 2. The van der Waals surface area contributed by atoms with Gasteiger partial charge >= 0.3 is 6.09 Å². The fourth-order valence-corrected chi connectivity index (χ4v) is 3.77. The predicted molar refractivity (Wildman–Crippen MR) is 121 cm³/mol. The van der Waals surface area contributed by atoms with E-state index in [-0.39, 0.29) is 5.91 Å². The molecule has 0 spiro atoms. The average Bonchev–Trinajstić information content (AvgIpc) is 3.12. The van der Waals surface area contributed by atoms with Gasteiger partial charge in [-0.3, -0.25) is 9.69 Å². The van der Waals surface area contributed by atoms with Gasteiger partial charge in [0, 0.05) is 41.6 Å². The molecule has 0 aliphatic carbocycles. The zero-order chi connectivity index (χ0) is 22.8. The molecule has 0 fully saturated rings. The molecule has 8 nitrogen and oxygen atoms in total. The maximum Gasteiger partial charge on any atom is 0.413 e. The van der Waals surface area contributed by atoms with Crippen molar-refractivity contribution in [3.05, 3.63) is 65.5 Å². The molecule has 8 heteroatoms. The van der Waals surface area contributed by atoms with Crippen molar-refractivity contribution in [1.82, 2.24) is 4.57 Å². The van der Waals surface area contributed by atoms with Crippen LogP contribution in [-0.2, 0) is 4.74 Å². The number of carbonyl (C=O) groups excluding carboxylic acids is 2. The maximum atomic E-state index is 13.0. The Balaban J connectivity index is 1.55. The lowest BCUT2D eigenvalue weighted by atomic mass is 10.2. The van der Waals surface area contributed by atoms with Crippen LogP contribution in [0.4, 0.5) is 16.2 Å². The Labute approximate surface area is 186 Å². The lowest BCUT2D eigenvalue weighted by Crippen LogP contribution is -2.25. The van der Waals surface area contributed by atoms with Crippen LogP contribution in [0.1, 0.15) is 21.7 Å². The van der Waals surface area contributed by atoms with Crippen LogP contribution in [0, 0.1) is 13.8 Å². The van der Waals surface area contributed by atoms with E-state index >= 15 is 0 Å². The number of hydrogen-bond donors (Lipinski definition) is 1. The first kappa shape index (κ1) is 21.3. The van der Waals surface area contributed by atoms with E-state index in [0.717, 1.165) is 22.8 Å². The molecule has 2 aromatic carbocycles. The van der Waals surface area contributed by atoms with Gasteiger partial charge in [0.15, 0.2) is 11.5 Å². The number of carbonyl (C=O) groups is 2. The molecule has 4 rings (SSSR count). The first-order valence-corrected chi connectivity index (χ1v) is 10.2. The third-order valence-electron chi connectivity index (χ3n) is 5.42. The minimum atomic E-state index is -0.464. The smallest absolute Gasteiger partial charge is 0.413 e. The molecule has 0 radical (unpaired) electrons. The molecule has 166 valence electrons. The van der Waals surface area contributed by atoms with Crippen LogP contribution in [0.3, 0.4) is 0 Å². The summed E-state index contributed by atoms with van der Waals surface area (Å²) in [6.45, 7) is 4.92. The summed E-state index contributed by atoms with van der Waals surface area (Å²) >= 11 is 0. The first-order chi connectivity index (χ1) is 15.4. The number of aromatic nitrogens is 1. The van der Waals surface area contributed by atoms with E-state index in [9.17, 15) is 9.59 Å². The lowest BCUT2D eigenvalue weighted by molar-refractivity contribution is 0.102. The molecule has 1 N–H and O–H groups in total.